The second kappa shape index (κ2) is 8.04. The van der Waals surface area contributed by atoms with Crippen LogP contribution < -0.4 is 0 Å². The smallest absolute Gasteiger partial charge is 0.336 e. The Morgan fingerprint density at radius 3 is 1.63 bits per heavy atom. The Kier molecular flexibility index (Phi) is 7.13. The summed E-state index contributed by atoms with van der Waals surface area (Å²) in [6.45, 7) is 6.38. The fourth-order valence-electron chi connectivity index (χ4n) is 1.10. The summed E-state index contributed by atoms with van der Waals surface area (Å²) in [5.41, 5.74) is -2.56. The fraction of sp³-hybridized carbons (Fsp3) is 0.417. The highest BCUT2D eigenvalue weighted by atomic mass is 16.5. The van der Waals surface area contributed by atoms with Gasteiger partial charge in [-0.05, 0) is 0 Å². The minimum absolute atomic E-state index is 0.116. The Labute approximate surface area is 110 Å². The number of carbonyl (C=O) groups excluding carboxylic acids is 2. The first-order chi connectivity index (χ1) is 8.85. The first-order valence-corrected chi connectivity index (χ1v) is 5.34. The zero-order valence-electron chi connectivity index (χ0n) is 10.3. The van der Waals surface area contributed by atoms with Crippen molar-refractivity contribution in [2.45, 2.75) is 18.4 Å². The lowest BCUT2D eigenvalue weighted by Crippen LogP contribution is -2.43. The SMILES string of the molecule is C=CCOC(=O)CC(O)(CC(=O)OCC=C)C(=O)O. The van der Waals surface area contributed by atoms with E-state index in [9.17, 15) is 19.5 Å². The zero-order valence-corrected chi connectivity index (χ0v) is 10.3. The van der Waals surface area contributed by atoms with Crippen LogP contribution in [0.25, 0.3) is 0 Å². The van der Waals surface area contributed by atoms with Gasteiger partial charge in [-0.3, -0.25) is 9.59 Å². The molecule has 0 saturated carbocycles. The molecule has 106 valence electrons. The Balaban J connectivity index is 4.61. The van der Waals surface area contributed by atoms with Gasteiger partial charge >= 0.3 is 17.9 Å². The van der Waals surface area contributed by atoms with Crippen molar-refractivity contribution in [3.05, 3.63) is 25.3 Å². The summed E-state index contributed by atoms with van der Waals surface area (Å²) >= 11 is 0. The first-order valence-electron chi connectivity index (χ1n) is 5.34. The predicted octanol–water partition coefficient (Wildman–Crippen LogP) is 0.0407. The molecule has 0 saturated heterocycles. The van der Waals surface area contributed by atoms with Crippen LogP contribution in [0.15, 0.2) is 25.3 Å². The third kappa shape index (κ3) is 6.37. The molecule has 7 heteroatoms. The van der Waals surface area contributed by atoms with Crippen LogP contribution in [-0.4, -0.2) is 46.9 Å². The van der Waals surface area contributed by atoms with Gasteiger partial charge in [-0.2, -0.15) is 0 Å². The minimum atomic E-state index is -2.56. The molecule has 0 bridgehead atoms. The fourth-order valence-corrected chi connectivity index (χ4v) is 1.10. The molecular weight excluding hydrogens is 256 g/mol. The molecule has 0 rings (SSSR count). The van der Waals surface area contributed by atoms with Gasteiger partial charge in [-0.25, -0.2) is 4.79 Å². The van der Waals surface area contributed by atoms with Gasteiger partial charge in [0.1, 0.15) is 13.2 Å². The minimum Gasteiger partial charge on any atom is -0.479 e. The molecule has 2 N–H and O–H groups in total. The highest BCUT2D eigenvalue weighted by Gasteiger charge is 2.41. The average molecular weight is 272 g/mol. The number of aliphatic carboxylic acids is 1. The summed E-state index contributed by atoms with van der Waals surface area (Å²) in [5.74, 6) is -3.62. The van der Waals surface area contributed by atoms with Crippen molar-refractivity contribution in [3.8, 4) is 0 Å². The summed E-state index contributed by atoms with van der Waals surface area (Å²) in [5, 5.41) is 18.7. The van der Waals surface area contributed by atoms with E-state index in [1.54, 1.807) is 0 Å². The molecule has 0 aliphatic heterocycles. The van der Waals surface area contributed by atoms with E-state index in [1.165, 1.54) is 12.2 Å². The molecule has 0 heterocycles. The highest BCUT2D eigenvalue weighted by molar-refractivity contribution is 5.89. The molecule has 0 amide bonds. The standard InChI is InChI=1S/C12H16O7/c1-3-5-18-9(13)7-12(17,11(15)16)8-10(14)19-6-4-2/h3-4,17H,1-2,5-8H2,(H,15,16). The topological polar surface area (TPSA) is 110 Å². The number of hydrogen-bond acceptors (Lipinski definition) is 6. The summed E-state index contributed by atoms with van der Waals surface area (Å²) in [7, 11) is 0. The number of carboxylic acid groups (broad SMARTS) is 1. The van der Waals surface area contributed by atoms with Crippen LogP contribution in [0.3, 0.4) is 0 Å². The van der Waals surface area contributed by atoms with E-state index in [4.69, 9.17) is 5.11 Å². The number of rotatable bonds is 9. The van der Waals surface area contributed by atoms with Gasteiger partial charge in [0, 0.05) is 0 Å². The van der Waals surface area contributed by atoms with Crippen molar-refractivity contribution in [1.29, 1.82) is 0 Å². The van der Waals surface area contributed by atoms with Crippen LogP contribution in [0.4, 0.5) is 0 Å². The Morgan fingerprint density at radius 2 is 1.37 bits per heavy atom. The van der Waals surface area contributed by atoms with Crippen LogP contribution in [0.5, 0.6) is 0 Å². The average Bonchev–Trinajstić information content (AvgIpc) is 2.33. The number of aliphatic hydroxyl groups is 1. The number of hydrogen-bond donors (Lipinski definition) is 2. The molecule has 19 heavy (non-hydrogen) atoms. The largest absolute Gasteiger partial charge is 0.479 e. The molecule has 0 fully saturated rings. The monoisotopic (exact) mass is 272 g/mol. The van der Waals surface area contributed by atoms with Crippen LogP contribution in [0.1, 0.15) is 12.8 Å². The molecule has 0 aromatic heterocycles. The molecule has 0 aromatic carbocycles. The lowest BCUT2D eigenvalue weighted by Gasteiger charge is -2.21. The molecule has 0 radical (unpaired) electrons. The van der Waals surface area contributed by atoms with Crippen LogP contribution in [-0.2, 0) is 23.9 Å². The van der Waals surface area contributed by atoms with Gasteiger partial charge in [0.05, 0.1) is 12.8 Å². The normalized spacial score (nSPS) is 10.4. The molecule has 0 aliphatic rings. The van der Waals surface area contributed by atoms with E-state index >= 15 is 0 Å². The highest BCUT2D eigenvalue weighted by Crippen LogP contribution is 2.18. The van der Waals surface area contributed by atoms with Crippen molar-refractivity contribution >= 4 is 17.9 Å². The Morgan fingerprint density at radius 1 is 1.00 bits per heavy atom. The summed E-state index contributed by atoms with van der Waals surface area (Å²) in [4.78, 5) is 33.4. The van der Waals surface area contributed by atoms with Crippen molar-refractivity contribution in [2.75, 3.05) is 13.2 Å². The first kappa shape index (κ1) is 16.9. The number of carbonyl (C=O) groups is 3. The third-order valence-electron chi connectivity index (χ3n) is 2.00. The lowest BCUT2D eigenvalue weighted by atomic mass is 9.96. The van der Waals surface area contributed by atoms with Crippen LogP contribution >= 0.6 is 0 Å². The molecule has 0 atom stereocenters. The Bertz CT molecular complexity index is 346. The maximum absolute atomic E-state index is 11.3. The van der Waals surface area contributed by atoms with E-state index in [2.05, 4.69) is 22.6 Å². The van der Waals surface area contributed by atoms with Gasteiger partial charge in [-0.1, -0.05) is 25.3 Å². The lowest BCUT2D eigenvalue weighted by molar-refractivity contribution is -0.172. The van der Waals surface area contributed by atoms with Crippen molar-refractivity contribution in [3.63, 3.8) is 0 Å². The maximum atomic E-state index is 11.3. The molecule has 0 aromatic rings. The quantitative estimate of drug-likeness (QED) is 0.450. The van der Waals surface area contributed by atoms with E-state index in [0.717, 1.165) is 0 Å². The zero-order chi connectivity index (χ0) is 14.9. The second-order valence-electron chi connectivity index (χ2n) is 3.63. The summed E-state index contributed by atoms with van der Waals surface area (Å²) < 4.78 is 9.10. The van der Waals surface area contributed by atoms with Gasteiger partial charge in [0.2, 0.25) is 0 Å². The van der Waals surface area contributed by atoms with E-state index in [0.29, 0.717) is 0 Å². The molecule has 0 aliphatic carbocycles. The molecular formula is C12H16O7. The van der Waals surface area contributed by atoms with Gasteiger partial charge in [0.25, 0.3) is 0 Å². The van der Waals surface area contributed by atoms with E-state index < -0.39 is 36.4 Å². The second-order valence-corrected chi connectivity index (χ2v) is 3.63. The maximum Gasteiger partial charge on any atom is 0.336 e. The van der Waals surface area contributed by atoms with Gasteiger partial charge < -0.3 is 19.7 Å². The molecule has 0 spiro atoms. The number of carboxylic acids is 1. The third-order valence-corrected chi connectivity index (χ3v) is 2.00. The van der Waals surface area contributed by atoms with Crippen molar-refractivity contribution in [1.82, 2.24) is 0 Å². The van der Waals surface area contributed by atoms with Crippen molar-refractivity contribution in [2.24, 2.45) is 0 Å². The Hall–Kier alpha value is -2.15. The number of ether oxygens (including phenoxy) is 2. The van der Waals surface area contributed by atoms with E-state index in [-0.39, 0.29) is 13.2 Å². The van der Waals surface area contributed by atoms with E-state index in [1.807, 2.05) is 0 Å². The predicted molar refractivity (Wildman–Crippen MR) is 64.1 cm³/mol. The number of esters is 2. The summed E-state index contributed by atoms with van der Waals surface area (Å²) in [6, 6.07) is 0. The van der Waals surface area contributed by atoms with Gasteiger partial charge in [-0.15, -0.1) is 0 Å². The van der Waals surface area contributed by atoms with Crippen molar-refractivity contribution < 1.29 is 34.1 Å². The van der Waals surface area contributed by atoms with Crippen LogP contribution in [0, 0.1) is 0 Å². The van der Waals surface area contributed by atoms with Crippen LogP contribution in [0.2, 0.25) is 0 Å². The molecule has 0 unspecified atom stereocenters. The van der Waals surface area contributed by atoms with Gasteiger partial charge in [0.15, 0.2) is 5.60 Å². The summed E-state index contributed by atoms with van der Waals surface area (Å²) in [6.07, 6.45) is 0.852. The molecule has 7 nitrogen and oxygen atoms in total.